The highest BCUT2D eigenvalue weighted by atomic mass is 32.2. The first kappa shape index (κ1) is 21.3. The number of thioether (sulfide) groups is 1. The predicted molar refractivity (Wildman–Crippen MR) is 114 cm³/mol. The Morgan fingerprint density at radius 2 is 1.73 bits per heavy atom. The summed E-state index contributed by atoms with van der Waals surface area (Å²) in [6.45, 7) is 0.00547. The second-order valence-corrected chi connectivity index (χ2v) is 7.12. The number of carbonyl (C=O) groups excluding carboxylic acids is 3. The predicted octanol–water partition coefficient (Wildman–Crippen LogP) is 3.60. The maximum Gasteiger partial charge on any atom is 0.337 e. The first-order valence-electron chi connectivity index (χ1n) is 8.86. The van der Waals surface area contributed by atoms with Crippen LogP contribution in [0.3, 0.4) is 0 Å². The van der Waals surface area contributed by atoms with Gasteiger partial charge in [0.1, 0.15) is 0 Å². The van der Waals surface area contributed by atoms with Crippen LogP contribution in [0.4, 0.5) is 10.5 Å². The lowest BCUT2D eigenvalue weighted by Gasteiger charge is -2.14. The van der Waals surface area contributed by atoms with Gasteiger partial charge in [-0.25, -0.2) is 4.79 Å². The van der Waals surface area contributed by atoms with Crippen molar-refractivity contribution in [3.05, 3.63) is 58.5 Å². The van der Waals surface area contributed by atoms with Crippen LogP contribution in [0, 0.1) is 0 Å². The standard InChI is InChI=1S/C21H20N2O6S/c1-27-16-9-4-13(10-17(16)28-2)11-18-19(24)23(21(26)30-18)12-22-15-7-5-14(6-8-15)20(25)29-3/h4-11,22H,12H2,1-3H3/b18-11+. The molecule has 0 saturated carbocycles. The number of nitrogens with one attached hydrogen (secondary N) is 1. The van der Waals surface area contributed by atoms with Crippen molar-refractivity contribution < 1.29 is 28.6 Å². The van der Waals surface area contributed by atoms with Crippen LogP contribution in [-0.2, 0) is 9.53 Å². The van der Waals surface area contributed by atoms with Crippen molar-refractivity contribution in [2.75, 3.05) is 33.3 Å². The summed E-state index contributed by atoms with van der Waals surface area (Å²) in [7, 11) is 4.38. The van der Waals surface area contributed by atoms with Crippen LogP contribution in [0.5, 0.6) is 11.5 Å². The van der Waals surface area contributed by atoms with Gasteiger partial charge in [-0.05, 0) is 59.8 Å². The molecule has 2 aromatic rings. The van der Waals surface area contributed by atoms with Crippen molar-refractivity contribution in [1.29, 1.82) is 0 Å². The molecule has 0 spiro atoms. The molecular weight excluding hydrogens is 408 g/mol. The third-order valence-corrected chi connectivity index (χ3v) is 5.23. The van der Waals surface area contributed by atoms with Gasteiger partial charge >= 0.3 is 5.97 Å². The number of carbonyl (C=O) groups is 3. The summed E-state index contributed by atoms with van der Waals surface area (Å²) >= 11 is 0.870. The third-order valence-electron chi connectivity index (χ3n) is 4.33. The Morgan fingerprint density at radius 3 is 2.37 bits per heavy atom. The largest absolute Gasteiger partial charge is 0.493 e. The van der Waals surface area contributed by atoms with Crippen LogP contribution in [0.25, 0.3) is 6.08 Å². The molecule has 0 aliphatic carbocycles. The lowest BCUT2D eigenvalue weighted by molar-refractivity contribution is -0.122. The van der Waals surface area contributed by atoms with Gasteiger partial charge < -0.3 is 19.5 Å². The van der Waals surface area contributed by atoms with Crippen LogP contribution in [-0.4, -0.2) is 50.0 Å². The SMILES string of the molecule is COC(=O)c1ccc(NCN2C(=O)S/C(=C/c3ccc(OC)c(OC)c3)C2=O)cc1. The molecule has 1 fully saturated rings. The monoisotopic (exact) mass is 428 g/mol. The van der Waals surface area contributed by atoms with Gasteiger partial charge in [0.05, 0.1) is 38.5 Å². The van der Waals surface area contributed by atoms with E-state index >= 15 is 0 Å². The lowest BCUT2D eigenvalue weighted by Crippen LogP contribution is -2.33. The van der Waals surface area contributed by atoms with E-state index in [9.17, 15) is 14.4 Å². The minimum absolute atomic E-state index is 0.00547. The summed E-state index contributed by atoms with van der Waals surface area (Å²) in [6, 6.07) is 11.8. The van der Waals surface area contributed by atoms with E-state index in [0.29, 0.717) is 33.2 Å². The molecule has 2 amide bonds. The Balaban J connectivity index is 1.69. The number of imide groups is 1. The number of nitrogens with zero attached hydrogens (tertiary/aromatic N) is 1. The summed E-state index contributed by atoms with van der Waals surface area (Å²) in [5, 5.41) is 2.63. The molecule has 9 heteroatoms. The molecule has 1 N–H and O–H groups in total. The second-order valence-electron chi connectivity index (χ2n) is 6.13. The highest BCUT2D eigenvalue weighted by Crippen LogP contribution is 2.34. The van der Waals surface area contributed by atoms with Crippen molar-refractivity contribution in [2.24, 2.45) is 0 Å². The molecule has 0 radical (unpaired) electrons. The topological polar surface area (TPSA) is 94.2 Å². The maximum atomic E-state index is 12.7. The zero-order valence-electron chi connectivity index (χ0n) is 16.6. The number of hydrogen-bond acceptors (Lipinski definition) is 8. The average molecular weight is 428 g/mol. The second kappa shape index (κ2) is 9.36. The number of hydrogen-bond donors (Lipinski definition) is 1. The molecular formula is C21H20N2O6S. The molecule has 1 aliphatic heterocycles. The van der Waals surface area contributed by atoms with Crippen LogP contribution < -0.4 is 14.8 Å². The van der Waals surface area contributed by atoms with E-state index in [-0.39, 0.29) is 11.9 Å². The number of amides is 2. The Bertz CT molecular complexity index is 1000. The molecule has 156 valence electrons. The lowest BCUT2D eigenvalue weighted by atomic mass is 10.2. The number of rotatable bonds is 7. The fourth-order valence-electron chi connectivity index (χ4n) is 2.74. The van der Waals surface area contributed by atoms with E-state index in [2.05, 4.69) is 10.1 Å². The number of anilines is 1. The van der Waals surface area contributed by atoms with Gasteiger partial charge in [0, 0.05) is 5.69 Å². The van der Waals surface area contributed by atoms with Gasteiger partial charge in [0.15, 0.2) is 11.5 Å². The summed E-state index contributed by atoms with van der Waals surface area (Å²) in [5.41, 5.74) is 1.78. The van der Waals surface area contributed by atoms with Gasteiger partial charge in [0.2, 0.25) is 0 Å². The molecule has 1 aliphatic rings. The number of ether oxygens (including phenoxy) is 3. The van der Waals surface area contributed by atoms with Crippen LogP contribution in [0.2, 0.25) is 0 Å². The minimum Gasteiger partial charge on any atom is -0.493 e. The molecule has 30 heavy (non-hydrogen) atoms. The maximum absolute atomic E-state index is 12.7. The van der Waals surface area contributed by atoms with E-state index in [1.807, 2.05) is 0 Å². The van der Waals surface area contributed by atoms with Gasteiger partial charge in [-0.1, -0.05) is 6.07 Å². The van der Waals surface area contributed by atoms with Crippen molar-refractivity contribution in [3.8, 4) is 11.5 Å². The van der Waals surface area contributed by atoms with E-state index < -0.39 is 11.9 Å². The summed E-state index contributed by atoms with van der Waals surface area (Å²) in [4.78, 5) is 37.9. The average Bonchev–Trinajstić information content (AvgIpc) is 3.04. The fraction of sp³-hybridized carbons (Fsp3) is 0.190. The first-order valence-corrected chi connectivity index (χ1v) is 9.68. The van der Waals surface area contributed by atoms with Crippen molar-refractivity contribution in [3.63, 3.8) is 0 Å². The fourth-order valence-corrected chi connectivity index (χ4v) is 3.58. The van der Waals surface area contributed by atoms with Gasteiger partial charge in [-0.3, -0.25) is 14.5 Å². The van der Waals surface area contributed by atoms with E-state index in [1.165, 1.54) is 14.2 Å². The number of esters is 1. The minimum atomic E-state index is -0.437. The molecule has 0 bridgehead atoms. The molecule has 3 rings (SSSR count). The smallest absolute Gasteiger partial charge is 0.337 e. The quantitative estimate of drug-likeness (QED) is 0.528. The van der Waals surface area contributed by atoms with E-state index in [0.717, 1.165) is 16.7 Å². The Labute approximate surface area is 177 Å². The van der Waals surface area contributed by atoms with Crippen LogP contribution in [0.1, 0.15) is 15.9 Å². The summed E-state index contributed by atoms with van der Waals surface area (Å²) in [5.74, 6) is 0.277. The van der Waals surface area contributed by atoms with Crippen molar-refractivity contribution >= 4 is 40.6 Å². The van der Waals surface area contributed by atoms with Crippen molar-refractivity contribution in [1.82, 2.24) is 4.90 Å². The Kier molecular flexibility index (Phi) is 6.63. The van der Waals surface area contributed by atoms with Crippen LogP contribution >= 0.6 is 11.8 Å². The van der Waals surface area contributed by atoms with E-state index in [1.54, 1.807) is 55.7 Å². The van der Waals surface area contributed by atoms with Crippen molar-refractivity contribution in [2.45, 2.75) is 0 Å². The summed E-state index contributed by atoms with van der Waals surface area (Å²) in [6.07, 6.45) is 1.64. The van der Waals surface area contributed by atoms with Gasteiger partial charge in [-0.2, -0.15) is 0 Å². The molecule has 2 aromatic carbocycles. The number of benzene rings is 2. The highest BCUT2D eigenvalue weighted by Gasteiger charge is 2.34. The van der Waals surface area contributed by atoms with Crippen LogP contribution in [0.15, 0.2) is 47.4 Å². The normalized spacial score (nSPS) is 14.8. The zero-order chi connectivity index (χ0) is 21.7. The highest BCUT2D eigenvalue weighted by molar-refractivity contribution is 8.18. The molecule has 8 nitrogen and oxygen atoms in total. The Hall–Kier alpha value is -3.46. The molecule has 1 heterocycles. The zero-order valence-corrected chi connectivity index (χ0v) is 17.4. The molecule has 1 saturated heterocycles. The van der Waals surface area contributed by atoms with Gasteiger partial charge in [0.25, 0.3) is 11.1 Å². The van der Waals surface area contributed by atoms with Gasteiger partial charge in [-0.15, -0.1) is 0 Å². The molecule has 0 unspecified atom stereocenters. The van der Waals surface area contributed by atoms with E-state index in [4.69, 9.17) is 9.47 Å². The third kappa shape index (κ3) is 4.57. The Morgan fingerprint density at radius 1 is 1.03 bits per heavy atom. The first-order chi connectivity index (χ1) is 14.5. The molecule has 0 aromatic heterocycles. The summed E-state index contributed by atoms with van der Waals surface area (Å²) < 4.78 is 15.1. The molecule has 0 atom stereocenters. The number of methoxy groups -OCH3 is 3.